The number of H-pyrrole nitrogens is 1. The van der Waals surface area contributed by atoms with Gasteiger partial charge in [0.05, 0.1) is 16.4 Å². The maximum absolute atomic E-state index is 12.8. The molecule has 0 saturated carbocycles. The number of hydrogen-bond acceptors (Lipinski definition) is 3. The summed E-state index contributed by atoms with van der Waals surface area (Å²) in [4.78, 5) is 30.7. The van der Waals surface area contributed by atoms with Crippen LogP contribution < -0.4 is 10.9 Å². The number of carbonyl (C=O) groups is 1. The van der Waals surface area contributed by atoms with Crippen molar-refractivity contribution in [3.63, 3.8) is 0 Å². The van der Waals surface area contributed by atoms with Crippen molar-refractivity contribution in [2.75, 3.05) is 19.6 Å². The van der Waals surface area contributed by atoms with Crippen molar-refractivity contribution in [1.29, 1.82) is 0 Å². The van der Waals surface area contributed by atoms with Gasteiger partial charge >= 0.3 is 0 Å². The van der Waals surface area contributed by atoms with Gasteiger partial charge in [0.25, 0.3) is 11.5 Å². The summed E-state index contributed by atoms with van der Waals surface area (Å²) < 4.78 is 1.82. The van der Waals surface area contributed by atoms with E-state index in [1.54, 1.807) is 6.07 Å². The monoisotopic (exact) mass is 414 g/mol. The zero-order valence-electron chi connectivity index (χ0n) is 17.6. The molecule has 2 N–H and O–H groups in total. The second-order valence-corrected chi connectivity index (χ2v) is 8.25. The van der Waals surface area contributed by atoms with E-state index in [9.17, 15) is 9.59 Å². The lowest BCUT2D eigenvalue weighted by atomic mass is 10.00. The molecule has 1 amide bonds. The predicted octanol–water partition coefficient (Wildman–Crippen LogP) is 3.20. The fourth-order valence-corrected chi connectivity index (χ4v) is 4.65. The molecule has 0 unspecified atom stereocenters. The van der Waals surface area contributed by atoms with Crippen LogP contribution in [-0.4, -0.2) is 40.0 Å². The average molecular weight is 415 g/mol. The van der Waals surface area contributed by atoms with Gasteiger partial charge in [-0.3, -0.25) is 14.5 Å². The molecule has 0 atom stereocenters. The Morgan fingerprint density at radius 1 is 1.06 bits per heavy atom. The lowest BCUT2D eigenvalue weighted by Crippen LogP contribution is -2.34. The summed E-state index contributed by atoms with van der Waals surface area (Å²) in [5.41, 5.74) is 4.75. The van der Waals surface area contributed by atoms with E-state index in [1.165, 1.54) is 11.1 Å². The molecular formula is C25H26N4O2. The highest BCUT2D eigenvalue weighted by Gasteiger charge is 2.18. The quantitative estimate of drug-likeness (QED) is 0.493. The highest BCUT2D eigenvalue weighted by atomic mass is 16.2. The molecule has 1 aliphatic heterocycles. The van der Waals surface area contributed by atoms with Gasteiger partial charge in [0, 0.05) is 38.6 Å². The third-order valence-electron chi connectivity index (χ3n) is 6.29. The van der Waals surface area contributed by atoms with Crippen LogP contribution in [0.2, 0.25) is 0 Å². The van der Waals surface area contributed by atoms with Gasteiger partial charge < -0.3 is 14.9 Å². The van der Waals surface area contributed by atoms with Crippen LogP contribution in [0.4, 0.5) is 0 Å². The van der Waals surface area contributed by atoms with E-state index >= 15 is 0 Å². The van der Waals surface area contributed by atoms with E-state index in [4.69, 9.17) is 0 Å². The smallest absolute Gasteiger partial charge is 0.267 e. The second kappa shape index (κ2) is 8.04. The maximum Gasteiger partial charge on any atom is 0.267 e. The number of rotatable bonds is 5. The van der Waals surface area contributed by atoms with Gasteiger partial charge in [0.2, 0.25) is 0 Å². The largest absolute Gasteiger partial charge is 0.351 e. The number of pyridine rings is 1. The molecule has 2 aromatic heterocycles. The number of aromatic nitrogens is 2. The van der Waals surface area contributed by atoms with Crippen LogP contribution in [0.5, 0.6) is 0 Å². The lowest BCUT2D eigenvalue weighted by Gasteiger charge is -2.28. The van der Waals surface area contributed by atoms with Crippen molar-refractivity contribution in [3.05, 3.63) is 81.8 Å². The van der Waals surface area contributed by atoms with Gasteiger partial charge in [0.15, 0.2) is 0 Å². The number of fused-ring (bicyclic) bond motifs is 4. The van der Waals surface area contributed by atoms with Gasteiger partial charge in [-0.1, -0.05) is 42.5 Å². The van der Waals surface area contributed by atoms with Crippen molar-refractivity contribution >= 4 is 27.7 Å². The molecule has 6 nitrogen and oxygen atoms in total. The van der Waals surface area contributed by atoms with E-state index < -0.39 is 0 Å². The molecule has 6 heteroatoms. The van der Waals surface area contributed by atoms with Crippen LogP contribution in [0.1, 0.15) is 28.0 Å². The fraction of sp³-hybridized carbons (Fsp3) is 0.280. The number of aromatic amines is 1. The fourth-order valence-electron chi connectivity index (χ4n) is 4.65. The van der Waals surface area contributed by atoms with Crippen LogP contribution in [0.3, 0.4) is 0 Å². The van der Waals surface area contributed by atoms with Gasteiger partial charge in [0.1, 0.15) is 5.69 Å². The Kier molecular flexibility index (Phi) is 5.08. The number of amides is 1. The summed E-state index contributed by atoms with van der Waals surface area (Å²) in [6.45, 7) is 3.59. The molecule has 2 aromatic carbocycles. The van der Waals surface area contributed by atoms with Gasteiger partial charge in [-0.05, 0) is 36.1 Å². The van der Waals surface area contributed by atoms with Crippen LogP contribution >= 0.6 is 0 Å². The summed E-state index contributed by atoms with van der Waals surface area (Å²) in [5.74, 6) is -0.147. The minimum Gasteiger partial charge on any atom is -0.351 e. The van der Waals surface area contributed by atoms with Gasteiger partial charge in [-0.15, -0.1) is 0 Å². The highest BCUT2D eigenvalue weighted by molar-refractivity contribution is 6.07. The minimum atomic E-state index is -0.172. The lowest BCUT2D eigenvalue weighted by molar-refractivity contribution is 0.0943. The zero-order chi connectivity index (χ0) is 21.4. The number of hydrogen-bond donors (Lipinski definition) is 2. The standard InChI is InChI=1S/C25H26N4O2/c1-28-22(15-20-23(28)19-9-4-5-10-21(19)27-24(20)30)25(31)26-12-6-13-29-14-11-17-7-2-3-8-18(17)16-29/h2-5,7-10,15H,6,11-14,16H2,1H3,(H,26,31)(H,27,30). The topological polar surface area (TPSA) is 70.1 Å². The van der Waals surface area contributed by atoms with Crippen molar-refractivity contribution in [2.24, 2.45) is 7.05 Å². The number of benzene rings is 2. The van der Waals surface area contributed by atoms with Crippen molar-refractivity contribution in [1.82, 2.24) is 19.8 Å². The number of aryl methyl sites for hydroxylation is 1. The summed E-state index contributed by atoms with van der Waals surface area (Å²) >= 11 is 0. The Balaban J connectivity index is 1.25. The molecule has 31 heavy (non-hydrogen) atoms. The van der Waals surface area contributed by atoms with Crippen LogP contribution in [0.15, 0.2) is 59.4 Å². The number of carbonyl (C=O) groups excluding carboxylic acids is 1. The Morgan fingerprint density at radius 3 is 2.71 bits per heavy atom. The van der Waals surface area contributed by atoms with Crippen LogP contribution in [0, 0.1) is 0 Å². The SMILES string of the molecule is Cn1c(C(=O)NCCCN2CCc3ccccc3C2)cc2c(=O)[nH]c3ccccc3c21. The first-order valence-corrected chi connectivity index (χ1v) is 10.8. The van der Waals surface area contributed by atoms with Crippen molar-refractivity contribution in [3.8, 4) is 0 Å². The molecule has 0 spiro atoms. The number of para-hydroxylation sites is 1. The molecule has 5 rings (SSSR count). The summed E-state index contributed by atoms with van der Waals surface area (Å²) in [6.07, 6.45) is 1.97. The van der Waals surface area contributed by atoms with Gasteiger partial charge in [-0.2, -0.15) is 0 Å². The molecule has 0 aliphatic carbocycles. The third-order valence-corrected chi connectivity index (χ3v) is 6.29. The molecule has 0 bridgehead atoms. The molecule has 1 aliphatic rings. The highest BCUT2D eigenvalue weighted by Crippen LogP contribution is 2.24. The maximum atomic E-state index is 12.8. The van der Waals surface area contributed by atoms with E-state index in [2.05, 4.69) is 39.5 Å². The van der Waals surface area contributed by atoms with E-state index in [-0.39, 0.29) is 11.5 Å². The second-order valence-electron chi connectivity index (χ2n) is 8.25. The predicted molar refractivity (Wildman–Crippen MR) is 123 cm³/mol. The van der Waals surface area contributed by atoms with Crippen LogP contribution in [0.25, 0.3) is 21.8 Å². The Morgan fingerprint density at radius 2 is 1.84 bits per heavy atom. The normalized spacial score (nSPS) is 14.1. The first-order chi connectivity index (χ1) is 15.1. The van der Waals surface area contributed by atoms with E-state index in [0.29, 0.717) is 17.6 Å². The molecule has 0 fully saturated rings. The average Bonchev–Trinajstić information content (AvgIpc) is 3.15. The zero-order valence-corrected chi connectivity index (χ0v) is 17.6. The van der Waals surface area contributed by atoms with Gasteiger partial charge in [-0.25, -0.2) is 0 Å². The summed E-state index contributed by atoms with van der Waals surface area (Å²) in [6, 6.07) is 18.0. The minimum absolute atomic E-state index is 0.147. The molecule has 3 heterocycles. The number of nitrogens with one attached hydrogen (secondary N) is 2. The Bertz CT molecular complexity index is 1330. The first kappa shape index (κ1) is 19.6. The van der Waals surface area contributed by atoms with Crippen LogP contribution in [-0.2, 0) is 20.0 Å². The Labute approximate surface area is 180 Å². The summed E-state index contributed by atoms with van der Waals surface area (Å²) in [7, 11) is 1.84. The third kappa shape index (κ3) is 3.64. The molecule has 0 saturated heterocycles. The molecule has 158 valence electrons. The molecule has 0 radical (unpaired) electrons. The molecular weight excluding hydrogens is 388 g/mol. The first-order valence-electron chi connectivity index (χ1n) is 10.8. The number of nitrogens with zero attached hydrogens (tertiary/aromatic N) is 2. The van der Waals surface area contributed by atoms with E-state index in [1.807, 2.05) is 35.9 Å². The summed E-state index contributed by atoms with van der Waals surface area (Å²) in [5, 5.41) is 4.50. The Hall–Kier alpha value is -3.38. The van der Waals surface area contributed by atoms with E-state index in [0.717, 1.165) is 48.9 Å². The van der Waals surface area contributed by atoms with Crippen molar-refractivity contribution < 1.29 is 4.79 Å². The molecule has 4 aromatic rings. The van der Waals surface area contributed by atoms with Crippen molar-refractivity contribution in [2.45, 2.75) is 19.4 Å².